The van der Waals surface area contributed by atoms with Gasteiger partial charge in [0.1, 0.15) is 5.75 Å². The summed E-state index contributed by atoms with van der Waals surface area (Å²) in [7, 11) is 0. The van der Waals surface area contributed by atoms with E-state index >= 15 is 0 Å². The summed E-state index contributed by atoms with van der Waals surface area (Å²) in [5.41, 5.74) is 7.10. The van der Waals surface area contributed by atoms with Crippen LogP contribution in [0.1, 0.15) is 18.4 Å². The molecule has 0 radical (unpaired) electrons. The van der Waals surface area contributed by atoms with Crippen molar-refractivity contribution >= 4 is 11.6 Å². The van der Waals surface area contributed by atoms with Crippen molar-refractivity contribution in [1.82, 2.24) is 5.32 Å². The average Bonchev–Trinajstić information content (AvgIpc) is 2.66. The van der Waals surface area contributed by atoms with E-state index in [0.29, 0.717) is 25.2 Å². The maximum atomic E-state index is 13.4. The molecule has 0 spiro atoms. The molecule has 1 aliphatic rings. The second-order valence-corrected chi connectivity index (χ2v) is 6.85. The zero-order valence-corrected chi connectivity index (χ0v) is 14.9. The third-order valence-corrected chi connectivity index (χ3v) is 4.92. The van der Waals surface area contributed by atoms with Crippen LogP contribution in [0.4, 0.5) is 14.5 Å². The highest BCUT2D eigenvalue weighted by Gasteiger charge is 2.25. The Morgan fingerprint density at radius 2 is 1.81 bits per heavy atom. The van der Waals surface area contributed by atoms with E-state index in [2.05, 4.69) is 5.32 Å². The fraction of sp³-hybridized carbons (Fsp3) is 0.350. The fourth-order valence-corrected chi connectivity index (χ4v) is 3.38. The van der Waals surface area contributed by atoms with Crippen LogP contribution in [0, 0.1) is 11.6 Å². The van der Waals surface area contributed by atoms with Crippen LogP contribution >= 0.6 is 0 Å². The first kappa shape index (κ1) is 19.1. The minimum absolute atomic E-state index is 0.112. The number of carbonyl (C=O) groups excluding carboxylic acids is 1. The predicted octanol–water partition coefficient (Wildman–Crippen LogP) is 2.33. The number of amides is 1. The molecule has 0 unspecified atom stereocenters. The standard InChI is InChI=1S/C20H23F2N3O2/c21-17-6-3-15(12-18(17)22)25-9-7-14(8-10-25)24-19(20(23)27)11-13-1-4-16(26)5-2-13/h1-6,12,14,19,24,26H,7-11H2,(H2,23,27)/t19-/m0/s1. The SMILES string of the molecule is NC(=O)[C@H](Cc1ccc(O)cc1)NC1CCN(c2ccc(F)c(F)c2)CC1. The van der Waals surface area contributed by atoms with Crippen molar-refractivity contribution in [3.8, 4) is 5.75 Å². The van der Waals surface area contributed by atoms with Crippen molar-refractivity contribution < 1.29 is 18.7 Å². The molecule has 0 aromatic heterocycles. The molecule has 3 rings (SSSR count). The summed E-state index contributed by atoms with van der Waals surface area (Å²) in [4.78, 5) is 13.8. The number of hydrogen-bond acceptors (Lipinski definition) is 4. The van der Waals surface area contributed by atoms with Gasteiger partial charge in [-0.2, -0.15) is 0 Å². The first-order chi connectivity index (χ1) is 12.9. The Morgan fingerprint density at radius 3 is 2.41 bits per heavy atom. The van der Waals surface area contributed by atoms with Crippen molar-refractivity contribution in [2.45, 2.75) is 31.3 Å². The van der Waals surface area contributed by atoms with Crippen LogP contribution in [0.2, 0.25) is 0 Å². The molecule has 1 aliphatic heterocycles. The number of nitrogens with zero attached hydrogens (tertiary/aromatic N) is 1. The van der Waals surface area contributed by atoms with Gasteiger partial charge in [0.2, 0.25) is 5.91 Å². The van der Waals surface area contributed by atoms with Gasteiger partial charge in [-0.3, -0.25) is 4.79 Å². The Bertz CT molecular complexity index is 790. The molecule has 0 saturated carbocycles. The molecular weight excluding hydrogens is 352 g/mol. The van der Waals surface area contributed by atoms with E-state index in [1.165, 1.54) is 6.07 Å². The van der Waals surface area contributed by atoms with Crippen molar-refractivity contribution in [3.63, 3.8) is 0 Å². The van der Waals surface area contributed by atoms with Gasteiger partial charge in [0, 0.05) is 30.9 Å². The van der Waals surface area contributed by atoms with Crippen LogP contribution in [0.15, 0.2) is 42.5 Å². The molecular formula is C20H23F2N3O2. The quantitative estimate of drug-likeness (QED) is 0.724. The number of nitrogens with two attached hydrogens (primary N) is 1. The summed E-state index contributed by atoms with van der Waals surface area (Å²) in [5.74, 6) is -1.96. The summed E-state index contributed by atoms with van der Waals surface area (Å²) in [5, 5.41) is 12.7. The Hall–Kier alpha value is -2.67. The summed E-state index contributed by atoms with van der Waals surface area (Å²) in [6.45, 7) is 1.35. The van der Waals surface area contributed by atoms with Gasteiger partial charge in [-0.05, 0) is 49.1 Å². The molecule has 1 amide bonds. The van der Waals surface area contributed by atoms with Gasteiger partial charge >= 0.3 is 0 Å². The first-order valence-corrected chi connectivity index (χ1v) is 8.95. The van der Waals surface area contributed by atoms with Crippen LogP contribution < -0.4 is 16.0 Å². The largest absolute Gasteiger partial charge is 0.508 e. The monoisotopic (exact) mass is 375 g/mol. The summed E-state index contributed by atoms with van der Waals surface area (Å²) < 4.78 is 26.5. The highest BCUT2D eigenvalue weighted by atomic mass is 19.2. The number of aromatic hydroxyl groups is 1. The minimum atomic E-state index is -0.853. The van der Waals surface area contributed by atoms with E-state index in [4.69, 9.17) is 5.73 Å². The maximum absolute atomic E-state index is 13.4. The number of hydrogen-bond donors (Lipinski definition) is 3. The Morgan fingerprint density at radius 1 is 1.15 bits per heavy atom. The molecule has 1 heterocycles. The van der Waals surface area contributed by atoms with Gasteiger partial charge in [0.25, 0.3) is 0 Å². The molecule has 5 nitrogen and oxygen atoms in total. The number of piperidine rings is 1. The van der Waals surface area contributed by atoms with Crippen LogP contribution in [-0.4, -0.2) is 36.2 Å². The van der Waals surface area contributed by atoms with Crippen molar-refractivity contribution in [2.75, 3.05) is 18.0 Å². The highest BCUT2D eigenvalue weighted by molar-refractivity contribution is 5.80. The van der Waals surface area contributed by atoms with E-state index < -0.39 is 23.6 Å². The number of benzene rings is 2. The van der Waals surface area contributed by atoms with E-state index in [0.717, 1.165) is 24.5 Å². The predicted molar refractivity (Wildman–Crippen MR) is 99.5 cm³/mol. The topological polar surface area (TPSA) is 78.6 Å². The minimum Gasteiger partial charge on any atom is -0.508 e. The summed E-state index contributed by atoms with van der Waals surface area (Å²) in [6.07, 6.45) is 1.97. The molecule has 2 aromatic rings. The number of rotatable bonds is 6. The third-order valence-electron chi connectivity index (χ3n) is 4.92. The zero-order chi connectivity index (χ0) is 19.4. The molecule has 1 fully saturated rings. The second kappa shape index (κ2) is 8.35. The van der Waals surface area contributed by atoms with Gasteiger partial charge in [-0.1, -0.05) is 12.1 Å². The highest BCUT2D eigenvalue weighted by Crippen LogP contribution is 2.22. The number of carbonyl (C=O) groups is 1. The lowest BCUT2D eigenvalue weighted by molar-refractivity contribution is -0.120. The van der Waals surface area contributed by atoms with Crippen LogP contribution in [0.25, 0.3) is 0 Å². The Kier molecular flexibility index (Phi) is 5.91. The molecule has 0 bridgehead atoms. The molecule has 1 atom stereocenters. The normalized spacial score (nSPS) is 16.3. The number of nitrogens with one attached hydrogen (secondary N) is 1. The van der Waals surface area contributed by atoms with Crippen molar-refractivity contribution in [2.24, 2.45) is 5.73 Å². The lowest BCUT2D eigenvalue weighted by Gasteiger charge is -2.35. The third kappa shape index (κ3) is 4.95. The number of phenols is 1. The molecule has 144 valence electrons. The van der Waals surface area contributed by atoms with Crippen molar-refractivity contribution in [3.05, 3.63) is 59.7 Å². The molecule has 4 N–H and O–H groups in total. The van der Waals surface area contributed by atoms with Crippen molar-refractivity contribution in [1.29, 1.82) is 0 Å². The summed E-state index contributed by atoms with van der Waals surface area (Å²) >= 11 is 0. The van der Waals surface area contributed by atoms with E-state index in [-0.39, 0.29) is 11.8 Å². The molecule has 27 heavy (non-hydrogen) atoms. The lowest BCUT2D eigenvalue weighted by Crippen LogP contribution is -2.51. The number of halogens is 2. The lowest BCUT2D eigenvalue weighted by atomic mass is 10.00. The van der Waals surface area contributed by atoms with E-state index in [1.807, 2.05) is 4.90 Å². The fourth-order valence-electron chi connectivity index (χ4n) is 3.38. The number of primary amides is 1. The van der Waals surface area contributed by atoms with Gasteiger partial charge in [0.15, 0.2) is 11.6 Å². The first-order valence-electron chi connectivity index (χ1n) is 8.95. The van der Waals surface area contributed by atoms with Gasteiger partial charge in [-0.25, -0.2) is 8.78 Å². The van der Waals surface area contributed by atoms with Crippen LogP contribution in [-0.2, 0) is 11.2 Å². The Balaban J connectivity index is 1.56. The molecule has 0 aliphatic carbocycles. The van der Waals surface area contributed by atoms with Crippen LogP contribution in [0.5, 0.6) is 5.75 Å². The van der Waals surface area contributed by atoms with Gasteiger partial charge in [0.05, 0.1) is 6.04 Å². The average molecular weight is 375 g/mol. The number of anilines is 1. The molecule has 2 aromatic carbocycles. The van der Waals surface area contributed by atoms with E-state index in [9.17, 15) is 18.7 Å². The Labute approximate surface area is 156 Å². The van der Waals surface area contributed by atoms with E-state index in [1.54, 1.807) is 30.3 Å². The smallest absolute Gasteiger partial charge is 0.234 e. The second-order valence-electron chi connectivity index (χ2n) is 6.85. The maximum Gasteiger partial charge on any atom is 0.234 e. The molecule has 1 saturated heterocycles. The summed E-state index contributed by atoms with van der Waals surface area (Å²) in [6, 6.07) is 10.2. The van der Waals surface area contributed by atoms with Crippen LogP contribution in [0.3, 0.4) is 0 Å². The molecule has 7 heteroatoms. The van der Waals surface area contributed by atoms with Gasteiger partial charge < -0.3 is 21.1 Å². The van der Waals surface area contributed by atoms with Gasteiger partial charge in [-0.15, -0.1) is 0 Å². The number of phenolic OH excluding ortho intramolecular Hbond substituents is 1. The zero-order valence-electron chi connectivity index (χ0n) is 14.9.